The Kier molecular flexibility index (Phi) is 8.10. The monoisotopic (exact) mass is 338 g/mol. The van der Waals surface area contributed by atoms with Crippen LogP contribution in [0, 0.1) is 0 Å². The number of carbonyl (C=O) groups is 3. The van der Waals surface area contributed by atoms with E-state index in [1.165, 1.54) is 19.2 Å². The molecule has 1 aromatic carbocycles. The summed E-state index contributed by atoms with van der Waals surface area (Å²) in [6.45, 7) is 3.98. The van der Waals surface area contributed by atoms with Crippen molar-refractivity contribution in [1.82, 2.24) is 10.6 Å². The third-order valence-electron chi connectivity index (χ3n) is 2.82. The van der Waals surface area contributed by atoms with E-state index in [0.29, 0.717) is 24.7 Å². The molecule has 0 saturated carbocycles. The van der Waals surface area contributed by atoms with Gasteiger partial charge in [0.25, 0.3) is 5.91 Å². The van der Waals surface area contributed by atoms with Crippen LogP contribution in [0.5, 0.6) is 11.5 Å². The first-order valence-electron chi connectivity index (χ1n) is 7.57. The molecule has 0 spiro atoms. The number of carbonyl (C=O) groups excluding carboxylic acids is 3. The van der Waals surface area contributed by atoms with Crippen LogP contribution >= 0.6 is 0 Å². The van der Waals surface area contributed by atoms with Crippen molar-refractivity contribution < 1.29 is 28.6 Å². The Labute approximate surface area is 140 Å². The van der Waals surface area contributed by atoms with E-state index in [9.17, 15) is 14.4 Å². The minimum absolute atomic E-state index is 0.211. The highest BCUT2D eigenvalue weighted by molar-refractivity contribution is 5.97. The number of hydrogen-bond acceptors (Lipinski definition) is 6. The highest BCUT2D eigenvalue weighted by Crippen LogP contribution is 2.28. The second-order valence-corrected chi connectivity index (χ2v) is 4.68. The van der Waals surface area contributed by atoms with Gasteiger partial charge in [-0.05, 0) is 31.5 Å². The van der Waals surface area contributed by atoms with Gasteiger partial charge in [-0.3, -0.25) is 10.1 Å². The normalized spacial score (nSPS) is 9.79. The number of ether oxygens (including phenoxy) is 3. The molecule has 0 aromatic heterocycles. The molecule has 1 rings (SSSR count). The van der Waals surface area contributed by atoms with E-state index >= 15 is 0 Å². The average molecular weight is 338 g/mol. The molecule has 0 aliphatic rings. The Bertz CT molecular complexity index is 588. The highest BCUT2D eigenvalue weighted by Gasteiger charge is 2.15. The molecule has 2 N–H and O–H groups in total. The molecular weight excluding hydrogens is 316 g/mol. The maximum atomic E-state index is 12.0. The van der Waals surface area contributed by atoms with Gasteiger partial charge in [0.1, 0.15) is 0 Å². The Morgan fingerprint density at radius 3 is 2.50 bits per heavy atom. The minimum Gasteiger partial charge on any atom is -0.493 e. The fourth-order valence-electron chi connectivity index (χ4n) is 1.73. The van der Waals surface area contributed by atoms with Crippen molar-refractivity contribution in [2.45, 2.75) is 20.3 Å². The van der Waals surface area contributed by atoms with Crippen molar-refractivity contribution in [3.8, 4) is 11.5 Å². The van der Waals surface area contributed by atoms with E-state index in [2.05, 4.69) is 10.6 Å². The largest absolute Gasteiger partial charge is 0.493 e. The van der Waals surface area contributed by atoms with Gasteiger partial charge < -0.3 is 19.5 Å². The number of amides is 3. The lowest BCUT2D eigenvalue weighted by Crippen LogP contribution is -2.41. The molecule has 1 aromatic rings. The molecule has 0 atom stereocenters. The Balaban J connectivity index is 2.57. The van der Waals surface area contributed by atoms with Crippen molar-refractivity contribution in [3.05, 3.63) is 23.8 Å². The summed E-state index contributed by atoms with van der Waals surface area (Å²) < 4.78 is 15.4. The lowest BCUT2D eigenvalue weighted by molar-refractivity contribution is -0.123. The van der Waals surface area contributed by atoms with Gasteiger partial charge in [-0.25, -0.2) is 9.59 Å². The van der Waals surface area contributed by atoms with Gasteiger partial charge in [0, 0.05) is 6.54 Å². The van der Waals surface area contributed by atoms with Crippen molar-refractivity contribution in [2.75, 3.05) is 26.9 Å². The van der Waals surface area contributed by atoms with E-state index in [4.69, 9.17) is 14.2 Å². The maximum Gasteiger partial charge on any atom is 0.338 e. The lowest BCUT2D eigenvalue weighted by atomic mass is 10.2. The zero-order chi connectivity index (χ0) is 17.9. The molecular formula is C16H22N2O6. The van der Waals surface area contributed by atoms with Gasteiger partial charge in [-0.15, -0.1) is 0 Å². The van der Waals surface area contributed by atoms with Crippen LogP contribution in [0.15, 0.2) is 18.2 Å². The number of urea groups is 1. The molecule has 132 valence electrons. The quantitative estimate of drug-likeness (QED) is 0.696. The van der Waals surface area contributed by atoms with E-state index < -0.39 is 24.5 Å². The van der Waals surface area contributed by atoms with Gasteiger partial charge in [0.05, 0.1) is 19.3 Å². The van der Waals surface area contributed by atoms with Gasteiger partial charge >= 0.3 is 12.0 Å². The smallest absolute Gasteiger partial charge is 0.338 e. The highest BCUT2D eigenvalue weighted by atomic mass is 16.5. The Hall–Kier alpha value is -2.77. The Morgan fingerprint density at radius 2 is 1.88 bits per heavy atom. The first-order valence-corrected chi connectivity index (χ1v) is 7.57. The number of hydrogen-bond donors (Lipinski definition) is 2. The summed E-state index contributed by atoms with van der Waals surface area (Å²) in [6, 6.07) is 3.91. The van der Waals surface area contributed by atoms with Crippen LogP contribution in [0.1, 0.15) is 30.6 Å². The number of rotatable bonds is 8. The number of benzene rings is 1. The average Bonchev–Trinajstić information content (AvgIpc) is 2.58. The Morgan fingerprint density at radius 1 is 1.12 bits per heavy atom. The van der Waals surface area contributed by atoms with Gasteiger partial charge in [0.2, 0.25) is 0 Å². The molecule has 0 radical (unpaired) electrons. The van der Waals surface area contributed by atoms with Crippen LogP contribution in [0.2, 0.25) is 0 Å². The molecule has 0 unspecified atom stereocenters. The first kappa shape index (κ1) is 19.3. The zero-order valence-electron chi connectivity index (χ0n) is 14.0. The van der Waals surface area contributed by atoms with E-state index in [1.54, 1.807) is 13.0 Å². The van der Waals surface area contributed by atoms with Crippen molar-refractivity contribution in [1.29, 1.82) is 0 Å². The molecule has 24 heavy (non-hydrogen) atoms. The maximum absolute atomic E-state index is 12.0. The van der Waals surface area contributed by atoms with Crippen LogP contribution in [0.25, 0.3) is 0 Å². The van der Waals surface area contributed by atoms with Crippen LogP contribution in [0.4, 0.5) is 4.79 Å². The molecule has 8 heteroatoms. The summed E-state index contributed by atoms with van der Waals surface area (Å²) in [4.78, 5) is 34.8. The predicted molar refractivity (Wildman–Crippen MR) is 86.3 cm³/mol. The summed E-state index contributed by atoms with van der Waals surface area (Å²) in [6.07, 6.45) is 0.746. The van der Waals surface area contributed by atoms with Crippen LogP contribution < -0.4 is 20.1 Å². The molecule has 0 saturated heterocycles. The summed E-state index contributed by atoms with van der Waals surface area (Å²) in [5.41, 5.74) is 0.211. The van der Waals surface area contributed by atoms with Gasteiger partial charge in [0.15, 0.2) is 18.1 Å². The summed E-state index contributed by atoms with van der Waals surface area (Å²) in [5.74, 6) is -0.533. The summed E-state index contributed by atoms with van der Waals surface area (Å²) in [7, 11) is 1.49. The van der Waals surface area contributed by atoms with E-state index in [1.807, 2.05) is 6.92 Å². The van der Waals surface area contributed by atoms with Crippen LogP contribution in [0.3, 0.4) is 0 Å². The van der Waals surface area contributed by atoms with E-state index in [0.717, 1.165) is 6.42 Å². The van der Waals surface area contributed by atoms with Crippen molar-refractivity contribution in [2.24, 2.45) is 0 Å². The third-order valence-corrected chi connectivity index (χ3v) is 2.82. The number of methoxy groups -OCH3 is 1. The first-order chi connectivity index (χ1) is 11.5. The van der Waals surface area contributed by atoms with Gasteiger partial charge in [-0.2, -0.15) is 0 Å². The lowest BCUT2D eigenvalue weighted by Gasteiger charge is -2.11. The zero-order valence-corrected chi connectivity index (χ0v) is 14.0. The molecule has 3 amide bonds. The fourth-order valence-corrected chi connectivity index (χ4v) is 1.73. The fraction of sp³-hybridized carbons (Fsp3) is 0.438. The van der Waals surface area contributed by atoms with E-state index in [-0.39, 0.29) is 5.56 Å². The van der Waals surface area contributed by atoms with Crippen LogP contribution in [-0.4, -0.2) is 44.8 Å². The van der Waals surface area contributed by atoms with Crippen molar-refractivity contribution in [3.63, 3.8) is 0 Å². The predicted octanol–water partition coefficient (Wildman–Crippen LogP) is 1.49. The standard InChI is InChI=1S/C16H22N2O6/c1-4-8-17-16(21)18-14(19)10-24-15(20)11-6-7-12(22-3)13(9-11)23-5-2/h6-7,9H,4-5,8,10H2,1-3H3,(H2,17,18,19,21). The molecule has 0 fully saturated rings. The molecule has 0 aliphatic heterocycles. The minimum atomic E-state index is -0.713. The van der Waals surface area contributed by atoms with Crippen LogP contribution in [-0.2, 0) is 9.53 Å². The topological polar surface area (TPSA) is 103 Å². The molecule has 0 aliphatic carbocycles. The number of esters is 1. The molecule has 0 bridgehead atoms. The number of imide groups is 1. The van der Waals surface area contributed by atoms with Gasteiger partial charge in [-0.1, -0.05) is 6.92 Å². The number of nitrogens with one attached hydrogen (secondary N) is 2. The molecule has 0 heterocycles. The van der Waals surface area contributed by atoms with Crippen molar-refractivity contribution >= 4 is 17.9 Å². The third kappa shape index (κ3) is 6.15. The summed E-state index contributed by atoms with van der Waals surface area (Å²) >= 11 is 0. The summed E-state index contributed by atoms with van der Waals surface area (Å²) in [5, 5.41) is 4.54. The molecule has 8 nitrogen and oxygen atoms in total. The SMILES string of the molecule is CCCNC(=O)NC(=O)COC(=O)c1ccc(OC)c(OCC)c1. The second kappa shape index (κ2) is 10.1. The second-order valence-electron chi connectivity index (χ2n) is 4.68.